The molecule has 1 N–H and O–H groups in total. The van der Waals surface area contributed by atoms with Crippen molar-refractivity contribution in [1.29, 1.82) is 0 Å². The molecular weight excluding hydrogens is 527 g/mol. The minimum absolute atomic E-state index is 0.000133. The average Bonchev–Trinajstić information content (AvgIpc) is 3.27. The van der Waals surface area contributed by atoms with Gasteiger partial charge < -0.3 is 19.7 Å². The second-order valence-corrected chi connectivity index (χ2v) is 10.2. The number of benzene rings is 3. The molecule has 0 aliphatic carbocycles. The van der Waals surface area contributed by atoms with Crippen LogP contribution in [0, 0.1) is 12.8 Å². The third-order valence-electron chi connectivity index (χ3n) is 6.20. The van der Waals surface area contributed by atoms with Crippen LogP contribution in [0.1, 0.15) is 37.3 Å². The quantitative estimate of drug-likeness (QED) is 0.311. The van der Waals surface area contributed by atoms with E-state index < -0.39 is 24.4 Å². The number of nitrogens with one attached hydrogen (secondary N) is 1. The molecular formula is C29H28Cl2N2O5. The molecule has 38 heavy (non-hydrogen) atoms. The van der Waals surface area contributed by atoms with Gasteiger partial charge in [-0.1, -0.05) is 55.2 Å². The van der Waals surface area contributed by atoms with Gasteiger partial charge in [-0.05, 0) is 66.4 Å². The van der Waals surface area contributed by atoms with Gasteiger partial charge in [0.05, 0.1) is 21.7 Å². The van der Waals surface area contributed by atoms with E-state index in [1.54, 1.807) is 42.5 Å². The van der Waals surface area contributed by atoms with Crippen LogP contribution in [0.2, 0.25) is 10.0 Å². The summed E-state index contributed by atoms with van der Waals surface area (Å²) >= 11 is 12.0. The summed E-state index contributed by atoms with van der Waals surface area (Å²) in [6, 6.07) is 18.1. The summed E-state index contributed by atoms with van der Waals surface area (Å²) in [7, 11) is 0. The molecule has 1 aliphatic rings. The van der Waals surface area contributed by atoms with E-state index in [9.17, 15) is 14.4 Å². The monoisotopic (exact) mass is 554 g/mol. The Morgan fingerprint density at radius 1 is 1.08 bits per heavy atom. The Morgan fingerprint density at radius 3 is 2.53 bits per heavy atom. The van der Waals surface area contributed by atoms with Gasteiger partial charge in [-0.3, -0.25) is 14.4 Å². The SMILES string of the molecule is Cc1ccc(C(C)C)c(Oc2ccc(N3C[C@H](C(=O)OCC(=O)Nc4cccc(Cl)c4Cl)CC3=O)cc2)c1. The molecule has 0 spiro atoms. The van der Waals surface area contributed by atoms with Crippen molar-refractivity contribution in [3.05, 3.63) is 81.8 Å². The number of hydrogen-bond acceptors (Lipinski definition) is 5. The maximum atomic E-state index is 12.7. The van der Waals surface area contributed by atoms with Gasteiger partial charge >= 0.3 is 5.97 Å². The van der Waals surface area contributed by atoms with E-state index >= 15 is 0 Å². The van der Waals surface area contributed by atoms with Gasteiger partial charge in [0.25, 0.3) is 5.91 Å². The number of anilines is 2. The molecule has 1 aliphatic heterocycles. The predicted octanol–water partition coefficient (Wildman–Crippen LogP) is 6.75. The molecule has 2 amide bonds. The molecule has 1 heterocycles. The maximum absolute atomic E-state index is 12.7. The number of ether oxygens (including phenoxy) is 2. The van der Waals surface area contributed by atoms with Crippen LogP contribution in [-0.2, 0) is 19.1 Å². The molecule has 0 unspecified atom stereocenters. The second-order valence-electron chi connectivity index (χ2n) is 9.45. The molecule has 7 nitrogen and oxygen atoms in total. The van der Waals surface area contributed by atoms with Gasteiger partial charge in [0.15, 0.2) is 6.61 Å². The van der Waals surface area contributed by atoms with E-state index in [1.807, 2.05) is 13.0 Å². The summed E-state index contributed by atoms with van der Waals surface area (Å²) in [6.45, 7) is 5.90. The Bertz CT molecular complexity index is 1360. The van der Waals surface area contributed by atoms with Crippen molar-refractivity contribution in [3.63, 3.8) is 0 Å². The lowest BCUT2D eigenvalue weighted by molar-refractivity contribution is -0.151. The molecule has 198 valence electrons. The Morgan fingerprint density at radius 2 is 1.82 bits per heavy atom. The van der Waals surface area contributed by atoms with Crippen molar-refractivity contribution in [3.8, 4) is 11.5 Å². The molecule has 9 heteroatoms. The highest BCUT2D eigenvalue weighted by atomic mass is 35.5. The van der Waals surface area contributed by atoms with Gasteiger partial charge in [0, 0.05) is 18.7 Å². The predicted molar refractivity (Wildman–Crippen MR) is 148 cm³/mol. The van der Waals surface area contributed by atoms with Crippen molar-refractivity contribution < 1.29 is 23.9 Å². The number of nitrogens with zero attached hydrogens (tertiary/aromatic N) is 1. The van der Waals surface area contributed by atoms with Gasteiger partial charge in [0.2, 0.25) is 5.91 Å². The number of carbonyl (C=O) groups is 3. The number of aryl methyl sites for hydroxylation is 1. The highest BCUT2D eigenvalue weighted by Crippen LogP contribution is 2.34. The van der Waals surface area contributed by atoms with Crippen LogP contribution in [0.3, 0.4) is 0 Å². The van der Waals surface area contributed by atoms with E-state index in [1.165, 1.54) is 4.90 Å². The lowest BCUT2D eigenvalue weighted by atomic mass is 10.0. The summed E-state index contributed by atoms with van der Waals surface area (Å²) in [5.74, 6) is -0.297. The second kappa shape index (κ2) is 11.9. The van der Waals surface area contributed by atoms with Gasteiger partial charge in [-0.25, -0.2) is 0 Å². The van der Waals surface area contributed by atoms with Gasteiger partial charge in [-0.15, -0.1) is 0 Å². The van der Waals surface area contributed by atoms with Crippen LogP contribution < -0.4 is 15.0 Å². The van der Waals surface area contributed by atoms with Crippen LogP contribution in [0.25, 0.3) is 0 Å². The van der Waals surface area contributed by atoms with Crippen molar-refractivity contribution in [1.82, 2.24) is 0 Å². The first-order valence-corrected chi connectivity index (χ1v) is 13.0. The van der Waals surface area contributed by atoms with E-state index in [4.69, 9.17) is 32.7 Å². The normalized spacial score (nSPS) is 15.1. The number of halogens is 2. The standard InChI is InChI=1S/C29H28Cl2N2O5/c1-17(2)22-12-7-18(3)13-25(22)38-21-10-8-20(9-11-21)33-15-19(14-27(33)35)29(36)37-16-26(34)32-24-6-4-5-23(30)28(24)31/h4-13,17,19H,14-16H2,1-3H3,(H,32,34)/t19-/m1/s1. The Hall–Kier alpha value is -3.55. The van der Waals surface area contributed by atoms with Crippen LogP contribution >= 0.6 is 23.2 Å². The van der Waals surface area contributed by atoms with Crippen LogP contribution in [0.5, 0.6) is 11.5 Å². The number of amides is 2. The lowest BCUT2D eigenvalue weighted by Crippen LogP contribution is -2.28. The molecule has 0 aromatic heterocycles. The molecule has 3 aromatic rings. The van der Waals surface area contributed by atoms with Crippen LogP contribution in [-0.4, -0.2) is 30.9 Å². The fraction of sp³-hybridized carbons (Fsp3) is 0.276. The highest BCUT2D eigenvalue weighted by molar-refractivity contribution is 6.44. The zero-order chi connectivity index (χ0) is 27.4. The minimum Gasteiger partial charge on any atom is -0.457 e. The summed E-state index contributed by atoms with van der Waals surface area (Å²) in [6.07, 6.45) is -0.000133. The molecule has 0 bridgehead atoms. The molecule has 0 saturated carbocycles. The first kappa shape index (κ1) is 27.5. The van der Waals surface area contributed by atoms with Crippen LogP contribution in [0.15, 0.2) is 60.7 Å². The van der Waals surface area contributed by atoms with Crippen molar-refractivity contribution >= 4 is 52.4 Å². The zero-order valence-corrected chi connectivity index (χ0v) is 22.8. The zero-order valence-electron chi connectivity index (χ0n) is 21.3. The summed E-state index contributed by atoms with van der Waals surface area (Å²) < 4.78 is 11.3. The maximum Gasteiger partial charge on any atom is 0.311 e. The summed E-state index contributed by atoms with van der Waals surface area (Å²) in [4.78, 5) is 39.0. The molecule has 1 atom stereocenters. The van der Waals surface area contributed by atoms with Crippen molar-refractivity contribution in [2.75, 3.05) is 23.4 Å². The number of hydrogen-bond donors (Lipinski definition) is 1. The molecule has 3 aromatic carbocycles. The smallest absolute Gasteiger partial charge is 0.311 e. The lowest BCUT2D eigenvalue weighted by Gasteiger charge is -2.18. The number of esters is 1. The van der Waals surface area contributed by atoms with E-state index in [2.05, 4.69) is 31.3 Å². The Kier molecular flexibility index (Phi) is 8.59. The van der Waals surface area contributed by atoms with E-state index in [0.717, 1.165) is 16.9 Å². The number of carbonyl (C=O) groups excluding carboxylic acids is 3. The van der Waals surface area contributed by atoms with Crippen molar-refractivity contribution in [2.24, 2.45) is 5.92 Å². The Balaban J connectivity index is 1.33. The fourth-order valence-corrected chi connectivity index (χ4v) is 4.53. The Labute approximate surface area is 231 Å². The van der Waals surface area contributed by atoms with E-state index in [-0.39, 0.29) is 23.9 Å². The average molecular weight is 555 g/mol. The summed E-state index contributed by atoms with van der Waals surface area (Å²) in [5.41, 5.74) is 3.18. The van der Waals surface area contributed by atoms with Crippen molar-refractivity contribution in [2.45, 2.75) is 33.1 Å². The minimum atomic E-state index is -0.679. The topological polar surface area (TPSA) is 84.9 Å². The largest absolute Gasteiger partial charge is 0.457 e. The highest BCUT2D eigenvalue weighted by Gasteiger charge is 2.36. The third kappa shape index (κ3) is 6.47. The number of rotatable bonds is 8. The first-order chi connectivity index (χ1) is 18.1. The summed E-state index contributed by atoms with van der Waals surface area (Å²) in [5, 5.41) is 3.04. The fourth-order valence-electron chi connectivity index (χ4n) is 4.18. The first-order valence-electron chi connectivity index (χ1n) is 12.2. The molecule has 1 fully saturated rings. The van der Waals surface area contributed by atoms with Gasteiger partial charge in [-0.2, -0.15) is 0 Å². The van der Waals surface area contributed by atoms with Crippen LogP contribution in [0.4, 0.5) is 11.4 Å². The van der Waals surface area contributed by atoms with E-state index in [0.29, 0.717) is 28.1 Å². The molecule has 0 radical (unpaired) electrons. The third-order valence-corrected chi connectivity index (χ3v) is 7.02. The van der Waals surface area contributed by atoms with Gasteiger partial charge in [0.1, 0.15) is 11.5 Å². The molecule has 4 rings (SSSR count). The molecule has 1 saturated heterocycles.